The molecule has 0 aliphatic heterocycles. The van der Waals surface area contributed by atoms with E-state index >= 15 is 0 Å². The Balaban J connectivity index is 2.22. The molecule has 0 saturated heterocycles. The minimum Gasteiger partial charge on any atom is -0.364 e. The molecule has 2 nitrogen and oxygen atoms in total. The Bertz CT molecular complexity index is 564. The summed E-state index contributed by atoms with van der Waals surface area (Å²) in [7, 11) is 0. The first-order chi connectivity index (χ1) is 9.97. The van der Waals surface area contributed by atoms with E-state index in [0.29, 0.717) is 6.04 Å². The van der Waals surface area contributed by atoms with E-state index in [4.69, 9.17) is 17.3 Å². The number of hydrogen-bond donors (Lipinski definition) is 1. The maximum absolute atomic E-state index is 6.42. The van der Waals surface area contributed by atoms with Crippen molar-refractivity contribution in [2.24, 2.45) is 5.73 Å². The van der Waals surface area contributed by atoms with E-state index in [1.807, 2.05) is 6.92 Å². The first-order valence-electron chi connectivity index (χ1n) is 7.30. The van der Waals surface area contributed by atoms with Crippen LogP contribution in [0, 0.1) is 0 Å². The Labute approximate surface area is 136 Å². The quantitative estimate of drug-likeness (QED) is 0.834. The third kappa shape index (κ3) is 4.47. The van der Waals surface area contributed by atoms with Crippen LogP contribution >= 0.6 is 22.9 Å². The maximum Gasteiger partial charge on any atom is 0.0525 e. The van der Waals surface area contributed by atoms with Gasteiger partial charge in [0.15, 0.2) is 0 Å². The minimum atomic E-state index is 0.126. The number of halogens is 1. The van der Waals surface area contributed by atoms with Crippen molar-refractivity contribution >= 4 is 28.6 Å². The lowest BCUT2D eigenvalue weighted by atomic mass is 10.1. The van der Waals surface area contributed by atoms with Gasteiger partial charge in [-0.1, -0.05) is 23.7 Å². The summed E-state index contributed by atoms with van der Waals surface area (Å²) in [5.74, 6) is 0. The zero-order valence-electron chi connectivity index (χ0n) is 12.8. The van der Waals surface area contributed by atoms with Crippen molar-refractivity contribution in [3.63, 3.8) is 0 Å². The summed E-state index contributed by atoms with van der Waals surface area (Å²) < 4.78 is 0. The van der Waals surface area contributed by atoms with Gasteiger partial charge in [0.25, 0.3) is 0 Å². The number of hydrogen-bond acceptors (Lipinski definition) is 3. The summed E-state index contributed by atoms with van der Waals surface area (Å²) in [6.07, 6.45) is 0.811. The zero-order chi connectivity index (χ0) is 15.4. The standard InChI is InChI=1S/C17H23ClN2S/c1-12(2)20(11-16-5-4-8-21-16)15-7-6-14(9-13(3)19)17(18)10-15/h4-8,10,12-13H,9,11,19H2,1-3H3. The number of nitrogens with zero attached hydrogens (tertiary/aromatic N) is 1. The Morgan fingerprint density at radius 3 is 2.52 bits per heavy atom. The van der Waals surface area contributed by atoms with Crippen molar-refractivity contribution in [1.82, 2.24) is 0 Å². The highest BCUT2D eigenvalue weighted by atomic mass is 35.5. The van der Waals surface area contributed by atoms with Gasteiger partial charge in [0.1, 0.15) is 0 Å². The summed E-state index contributed by atoms with van der Waals surface area (Å²) >= 11 is 8.21. The summed E-state index contributed by atoms with van der Waals surface area (Å²) in [5.41, 5.74) is 8.15. The SMILES string of the molecule is CC(N)Cc1ccc(N(Cc2cccs2)C(C)C)cc1Cl. The fourth-order valence-electron chi connectivity index (χ4n) is 2.37. The Morgan fingerprint density at radius 2 is 2.00 bits per heavy atom. The van der Waals surface area contributed by atoms with E-state index in [9.17, 15) is 0 Å². The molecule has 0 amide bonds. The molecule has 1 aromatic heterocycles. The van der Waals surface area contributed by atoms with E-state index in [-0.39, 0.29) is 6.04 Å². The molecule has 1 unspecified atom stereocenters. The van der Waals surface area contributed by atoms with Crippen LogP contribution in [-0.2, 0) is 13.0 Å². The van der Waals surface area contributed by atoms with Crippen LogP contribution in [0.3, 0.4) is 0 Å². The molecule has 2 rings (SSSR count). The second-order valence-corrected chi connectivity index (χ2v) is 7.20. The van der Waals surface area contributed by atoms with Crippen molar-refractivity contribution < 1.29 is 0 Å². The maximum atomic E-state index is 6.42. The van der Waals surface area contributed by atoms with Gasteiger partial charge in [0.2, 0.25) is 0 Å². The van der Waals surface area contributed by atoms with E-state index < -0.39 is 0 Å². The van der Waals surface area contributed by atoms with Crippen molar-refractivity contribution in [3.05, 3.63) is 51.2 Å². The molecular weight excluding hydrogens is 300 g/mol. The Morgan fingerprint density at radius 1 is 1.24 bits per heavy atom. The molecule has 0 bridgehead atoms. The number of nitrogens with two attached hydrogens (primary N) is 1. The van der Waals surface area contributed by atoms with Crippen LogP contribution in [0.1, 0.15) is 31.2 Å². The predicted octanol–water partition coefficient (Wildman–Crippen LogP) is 4.71. The molecular formula is C17H23ClN2S. The van der Waals surface area contributed by atoms with Crippen LogP contribution in [0.2, 0.25) is 5.02 Å². The lowest BCUT2D eigenvalue weighted by Gasteiger charge is -2.29. The number of rotatable bonds is 6. The largest absolute Gasteiger partial charge is 0.364 e. The van der Waals surface area contributed by atoms with Gasteiger partial charge in [0, 0.05) is 27.7 Å². The van der Waals surface area contributed by atoms with Gasteiger partial charge in [-0.3, -0.25) is 0 Å². The van der Waals surface area contributed by atoms with Crippen molar-refractivity contribution in [2.45, 2.75) is 45.8 Å². The lowest BCUT2D eigenvalue weighted by Crippen LogP contribution is -2.29. The predicted molar refractivity (Wildman–Crippen MR) is 94.4 cm³/mol. The highest BCUT2D eigenvalue weighted by molar-refractivity contribution is 7.09. The molecule has 0 radical (unpaired) electrons. The van der Waals surface area contributed by atoms with Crippen LogP contribution in [0.5, 0.6) is 0 Å². The summed E-state index contributed by atoms with van der Waals surface area (Å²) in [4.78, 5) is 3.73. The van der Waals surface area contributed by atoms with Crippen molar-refractivity contribution in [2.75, 3.05) is 4.90 Å². The summed E-state index contributed by atoms with van der Waals surface area (Å²) in [6, 6.07) is 11.1. The molecule has 0 aliphatic carbocycles. The second-order valence-electron chi connectivity index (χ2n) is 5.76. The molecule has 2 aromatic rings. The van der Waals surface area contributed by atoms with Crippen LogP contribution in [0.25, 0.3) is 0 Å². The fraction of sp³-hybridized carbons (Fsp3) is 0.412. The molecule has 21 heavy (non-hydrogen) atoms. The molecule has 114 valence electrons. The van der Waals surface area contributed by atoms with Gasteiger partial charge in [0.05, 0.1) is 6.54 Å². The highest BCUT2D eigenvalue weighted by Gasteiger charge is 2.14. The van der Waals surface area contributed by atoms with Crippen molar-refractivity contribution in [1.29, 1.82) is 0 Å². The molecule has 0 saturated carbocycles. The molecule has 0 aliphatic rings. The number of benzene rings is 1. The van der Waals surface area contributed by atoms with Gasteiger partial charge < -0.3 is 10.6 Å². The van der Waals surface area contributed by atoms with Gasteiger partial charge in [-0.15, -0.1) is 11.3 Å². The number of anilines is 1. The van der Waals surface area contributed by atoms with E-state index in [1.165, 1.54) is 4.88 Å². The average Bonchev–Trinajstić information content (AvgIpc) is 2.90. The average molecular weight is 323 g/mol. The monoisotopic (exact) mass is 322 g/mol. The van der Waals surface area contributed by atoms with Crippen LogP contribution < -0.4 is 10.6 Å². The molecule has 1 aromatic carbocycles. The van der Waals surface area contributed by atoms with Gasteiger partial charge in [-0.25, -0.2) is 0 Å². The third-order valence-electron chi connectivity index (χ3n) is 3.44. The van der Waals surface area contributed by atoms with Gasteiger partial charge in [-0.05, 0) is 56.3 Å². The molecule has 0 fully saturated rings. The van der Waals surface area contributed by atoms with Crippen LogP contribution in [-0.4, -0.2) is 12.1 Å². The van der Waals surface area contributed by atoms with E-state index in [0.717, 1.165) is 29.2 Å². The van der Waals surface area contributed by atoms with Crippen molar-refractivity contribution in [3.8, 4) is 0 Å². The smallest absolute Gasteiger partial charge is 0.0525 e. The summed E-state index contributed by atoms with van der Waals surface area (Å²) in [6.45, 7) is 7.33. The number of thiophene rings is 1. The first kappa shape index (κ1) is 16.3. The summed E-state index contributed by atoms with van der Waals surface area (Å²) in [5, 5.41) is 2.92. The molecule has 2 N–H and O–H groups in total. The van der Waals surface area contributed by atoms with E-state index in [1.54, 1.807) is 11.3 Å². The van der Waals surface area contributed by atoms with Crippen LogP contribution in [0.15, 0.2) is 35.7 Å². The second kappa shape index (κ2) is 7.30. The molecule has 1 atom stereocenters. The van der Waals surface area contributed by atoms with Crippen LogP contribution in [0.4, 0.5) is 5.69 Å². The minimum absolute atomic E-state index is 0.126. The lowest BCUT2D eigenvalue weighted by molar-refractivity contribution is 0.686. The third-order valence-corrected chi connectivity index (χ3v) is 4.65. The normalized spacial score (nSPS) is 12.7. The van der Waals surface area contributed by atoms with Gasteiger partial charge in [-0.2, -0.15) is 0 Å². The molecule has 1 heterocycles. The molecule has 4 heteroatoms. The Hall–Kier alpha value is -1.03. The fourth-order valence-corrected chi connectivity index (χ4v) is 3.32. The Kier molecular flexibility index (Phi) is 5.68. The highest BCUT2D eigenvalue weighted by Crippen LogP contribution is 2.28. The first-order valence-corrected chi connectivity index (χ1v) is 8.56. The molecule has 0 spiro atoms. The topological polar surface area (TPSA) is 29.3 Å². The van der Waals surface area contributed by atoms with Gasteiger partial charge >= 0.3 is 0 Å². The van der Waals surface area contributed by atoms with E-state index in [2.05, 4.69) is 54.5 Å². The zero-order valence-corrected chi connectivity index (χ0v) is 14.4.